The number of nitriles is 1. The smallest absolute Gasteiger partial charge is 0.349 e. The Morgan fingerprint density at radius 1 is 1.55 bits per heavy atom. The molecule has 20 heavy (non-hydrogen) atoms. The first kappa shape index (κ1) is 14.0. The zero-order valence-electron chi connectivity index (χ0n) is 11.0. The average molecular weight is 288 g/mol. The lowest BCUT2D eigenvalue weighted by molar-refractivity contribution is 0.0605. The van der Waals surface area contributed by atoms with Crippen molar-refractivity contribution in [3.63, 3.8) is 0 Å². The summed E-state index contributed by atoms with van der Waals surface area (Å²) in [4.78, 5) is 16.5. The van der Waals surface area contributed by atoms with Crippen molar-refractivity contribution >= 4 is 17.3 Å². The van der Waals surface area contributed by atoms with Gasteiger partial charge in [0.15, 0.2) is 0 Å². The van der Waals surface area contributed by atoms with Crippen molar-refractivity contribution in [1.29, 1.82) is 5.26 Å². The van der Waals surface area contributed by atoms with Gasteiger partial charge in [-0.25, -0.2) is 9.78 Å². The fourth-order valence-electron chi connectivity index (χ4n) is 1.73. The molecule has 0 saturated heterocycles. The SMILES string of the molecule is CCc1nc(-c2ccc(O)c(C#N)c2)sc1C(=O)OC. The summed E-state index contributed by atoms with van der Waals surface area (Å²) in [5.41, 5.74) is 1.54. The minimum absolute atomic E-state index is 0.0725. The van der Waals surface area contributed by atoms with E-state index in [2.05, 4.69) is 4.98 Å². The van der Waals surface area contributed by atoms with Crippen LogP contribution in [0, 0.1) is 11.3 Å². The topological polar surface area (TPSA) is 83.2 Å². The second-order valence-electron chi connectivity index (χ2n) is 3.98. The Balaban J connectivity index is 2.51. The number of phenolic OH excluding ortho intramolecular Hbond substituents is 1. The van der Waals surface area contributed by atoms with Gasteiger partial charge in [0.2, 0.25) is 0 Å². The van der Waals surface area contributed by atoms with E-state index >= 15 is 0 Å². The van der Waals surface area contributed by atoms with Crippen molar-refractivity contribution in [2.24, 2.45) is 0 Å². The number of aromatic hydroxyl groups is 1. The van der Waals surface area contributed by atoms with Gasteiger partial charge in [0, 0.05) is 5.56 Å². The Kier molecular flexibility index (Phi) is 4.01. The minimum Gasteiger partial charge on any atom is -0.507 e. The van der Waals surface area contributed by atoms with Crippen LogP contribution in [0.15, 0.2) is 18.2 Å². The summed E-state index contributed by atoms with van der Waals surface area (Å²) in [5, 5.41) is 19.0. The molecule has 5 nitrogen and oxygen atoms in total. The Bertz CT molecular complexity index is 701. The quantitative estimate of drug-likeness (QED) is 0.878. The van der Waals surface area contributed by atoms with Crippen LogP contribution >= 0.6 is 11.3 Å². The summed E-state index contributed by atoms with van der Waals surface area (Å²) in [6.45, 7) is 1.91. The van der Waals surface area contributed by atoms with Crippen LogP contribution in [0.25, 0.3) is 10.6 Å². The van der Waals surface area contributed by atoms with E-state index in [1.54, 1.807) is 12.1 Å². The molecular formula is C14H12N2O3S. The summed E-state index contributed by atoms with van der Waals surface area (Å²) in [6.07, 6.45) is 0.615. The number of aromatic nitrogens is 1. The number of ether oxygens (including phenoxy) is 1. The third-order valence-electron chi connectivity index (χ3n) is 2.77. The monoisotopic (exact) mass is 288 g/mol. The Labute approximate surface area is 120 Å². The van der Waals surface area contributed by atoms with E-state index in [0.717, 1.165) is 0 Å². The van der Waals surface area contributed by atoms with Crippen LogP contribution in [0.4, 0.5) is 0 Å². The number of thiazole rings is 1. The maximum Gasteiger partial charge on any atom is 0.349 e. The van der Waals surface area contributed by atoms with Crippen molar-refractivity contribution in [2.45, 2.75) is 13.3 Å². The molecule has 0 aliphatic carbocycles. The molecule has 0 amide bonds. The summed E-state index contributed by atoms with van der Waals surface area (Å²) in [7, 11) is 1.33. The molecule has 0 spiro atoms. The molecule has 1 aromatic heterocycles. The van der Waals surface area contributed by atoms with Gasteiger partial charge in [-0.3, -0.25) is 0 Å². The molecule has 2 rings (SSSR count). The summed E-state index contributed by atoms with van der Waals surface area (Å²) in [6, 6.07) is 6.57. The fourth-order valence-corrected chi connectivity index (χ4v) is 2.79. The third-order valence-corrected chi connectivity index (χ3v) is 3.89. The molecule has 0 atom stereocenters. The first-order valence-corrected chi connectivity index (χ1v) is 6.73. The molecule has 1 aromatic carbocycles. The number of hydrogen-bond donors (Lipinski definition) is 1. The van der Waals surface area contributed by atoms with Gasteiger partial charge >= 0.3 is 5.97 Å². The molecule has 1 heterocycles. The van der Waals surface area contributed by atoms with Gasteiger partial charge in [0.05, 0.1) is 18.4 Å². The predicted molar refractivity (Wildman–Crippen MR) is 74.6 cm³/mol. The zero-order chi connectivity index (χ0) is 14.7. The Morgan fingerprint density at radius 3 is 2.90 bits per heavy atom. The number of phenols is 1. The van der Waals surface area contributed by atoms with Crippen LogP contribution in [-0.4, -0.2) is 23.2 Å². The van der Waals surface area contributed by atoms with Crippen LogP contribution in [0.2, 0.25) is 0 Å². The number of carbonyl (C=O) groups is 1. The molecule has 102 valence electrons. The number of carbonyl (C=O) groups excluding carboxylic acids is 1. The van der Waals surface area contributed by atoms with E-state index in [1.165, 1.54) is 24.5 Å². The van der Waals surface area contributed by atoms with E-state index in [4.69, 9.17) is 10.00 Å². The van der Waals surface area contributed by atoms with E-state index in [9.17, 15) is 9.90 Å². The standard InChI is InChI=1S/C14H12N2O3S/c1-3-10-12(14(18)19-2)20-13(16-10)8-4-5-11(17)9(6-8)7-15/h4-6,17H,3H2,1-2H3. The number of hydrogen-bond acceptors (Lipinski definition) is 6. The molecule has 0 bridgehead atoms. The van der Waals surface area contributed by atoms with Gasteiger partial charge in [-0.2, -0.15) is 5.26 Å². The summed E-state index contributed by atoms with van der Waals surface area (Å²) >= 11 is 1.22. The Hall–Kier alpha value is -2.39. The molecule has 0 fully saturated rings. The van der Waals surface area contributed by atoms with E-state index < -0.39 is 5.97 Å². The molecule has 0 aliphatic heterocycles. The number of aryl methyl sites for hydroxylation is 1. The maximum absolute atomic E-state index is 11.7. The number of esters is 1. The molecule has 0 radical (unpaired) electrons. The molecule has 2 aromatic rings. The fraction of sp³-hybridized carbons (Fsp3) is 0.214. The van der Waals surface area contributed by atoms with Crippen LogP contribution in [0.1, 0.15) is 27.9 Å². The van der Waals surface area contributed by atoms with E-state index in [1.807, 2.05) is 13.0 Å². The second-order valence-corrected chi connectivity index (χ2v) is 4.98. The second kappa shape index (κ2) is 5.72. The third kappa shape index (κ3) is 2.49. The van der Waals surface area contributed by atoms with Crippen LogP contribution in [0.3, 0.4) is 0 Å². The molecule has 6 heteroatoms. The summed E-state index contributed by atoms with van der Waals surface area (Å²) < 4.78 is 4.73. The van der Waals surface area contributed by atoms with Crippen molar-refractivity contribution in [3.05, 3.63) is 34.3 Å². The largest absolute Gasteiger partial charge is 0.507 e. The number of rotatable bonds is 3. The normalized spacial score (nSPS) is 10.1. The van der Waals surface area contributed by atoms with Crippen molar-refractivity contribution in [2.75, 3.05) is 7.11 Å². The van der Waals surface area contributed by atoms with Crippen molar-refractivity contribution in [3.8, 4) is 22.4 Å². The molecule has 0 unspecified atom stereocenters. The average Bonchev–Trinajstić information content (AvgIpc) is 2.91. The lowest BCUT2D eigenvalue weighted by Crippen LogP contribution is -2.01. The first-order valence-electron chi connectivity index (χ1n) is 5.92. The predicted octanol–water partition coefficient (Wildman–Crippen LogP) is 2.74. The van der Waals surface area contributed by atoms with Gasteiger partial charge in [0.1, 0.15) is 21.7 Å². The van der Waals surface area contributed by atoms with Gasteiger partial charge < -0.3 is 9.84 Å². The number of methoxy groups -OCH3 is 1. The maximum atomic E-state index is 11.7. The lowest BCUT2D eigenvalue weighted by Gasteiger charge is -1.99. The van der Waals surface area contributed by atoms with Crippen LogP contribution in [0.5, 0.6) is 5.75 Å². The zero-order valence-corrected chi connectivity index (χ0v) is 11.8. The van der Waals surface area contributed by atoms with Gasteiger partial charge in [0.25, 0.3) is 0 Å². The molecule has 1 N–H and O–H groups in total. The minimum atomic E-state index is -0.412. The highest BCUT2D eigenvalue weighted by molar-refractivity contribution is 7.17. The van der Waals surface area contributed by atoms with Crippen molar-refractivity contribution < 1.29 is 14.6 Å². The molecular weight excluding hydrogens is 276 g/mol. The van der Waals surface area contributed by atoms with E-state index in [0.29, 0.717) is 27.6 Å². The van der Waals surface area contributed by atoms with Crippen LogP contribution < -0.4 is 0 Å². The van der Waals surface area contributed by atoms with E-state index in [-0.39, 0.29) is 11.3 Å². The highest BCUT2D eigenvalue weighted by atomic mass is 32.1. The first-order chi connectivity index (χ1) is 9.60. The molecule has 0 aliphatic rings. The van der Waals surface area contributed by atoms with Gasteiger partial charge in [-0.05, 0) is 24.6 Å². The number of benzene rings is 1. The highest BCUT2D eigenvalue weighted by Gasteiger charge is 2.18. The van der Waals surface area contributed by atoms with Gasteiger partial charge in [-0.1, -0.05) is 6.92 Å². The van der Waals surface area contributed by atoms with Gasteiger partial charge in [-0.15, -0.1) is 11.3 Å². The van der Waals surface area contributed by atoms with Crippen LogP contribution in [-0.2, 0) is 11.2 Å². The highest BCUT2D eigenvalue weighted by Crippen LogP contribution is 2.31. The molecule has 0 saturated carbocycles. The number of nitrogens with zero attached hydrogens (tertiary/aromatic N) is 2. The Morgan fingerprint density at radius 2 is 2.30 bits per heavy atom. The van der Waals surface area contributed by atoms with Crippen molar-refractivity contribution in [1.82, 2.24) is 4.98 Å². The summed E-state index contributed by atoms with van der Waals surface area (Å²) in [5.74, 6) is -0.485. The lowest BCUT2D eigenvalue weighted by atomic mass is 10.1.